The third-order valence-corrected chi connectivity index (χ3v) is 3.94. The van der Waals surface area contributed by atoms with Crippen LogP contribution in [0.2, 0.25) is 0 Å². The van der Waals surface area contributed by atoms with E-state index in [0.717, 1.165) is 24.2 Å². The van der Waals surface area contributed by atoms with Crippen molar-refractivity contribution >= 4 is 5.91 Å². The number of hydrogen-bond donors (Lipinski definition) is 2. The van der Waals surface area contributed by atoms with Crippen LogP contribution in [0.1, 0.15) is 31.2 Å². The fraction of sp³-hybridized carbons (Fsp3) is 0.533. The molecule has 0 heterocycles. The van der Waals surface area contributed by atoms with Crippen LogP contribution in [0.25, 0.3) is 0 Å². The smallest absolute Gasteiger partial charge is 0.227 e. The lowest BCUT2D eigenvalue weighted by Crippen LogP contribution is -2.34. The molecule has 2 rings (SSSR count). The van der Waals surface area contributed by atoms with Gasteiger partial charge in [0.15, 0.2) is 0 Å². The lowest BCUT2D eigenvalue weighted by atomic mass is 9.99. The molecule has 1 fully saturated rings. The summed E-state index contributed by atoms with van der Waals surface area (Å²) in [5.74, 6) is 0.596. The van der Waals surface area contributed by atoms with Gasteiger partial charge in [0.25, 0.3) is 0 Å². The van der Waals surface area contributed by atoms with Gasteiger partial charge in [-0.3, -0.25) is 4.79 Å². The fourth-order valence-corrected chi connectivity index (χ4v) is 2.04. The minimum absolute atomic E-state index is 0.00453. The van der Waals surface area contributed by atoms with E-state index >= 15 is 0 Å². The summed E-state index contributed by atoms with van der Waals surface area (Å²) in [5, 5.41) is 12.2. The zero-order valence-corrected chi connectivity index (χ0v) is 11.5. The maximum absolute atomic E-state index is 12.1. The predicted molar refractivity (Wildman–Crippen MR) is 73.2 cm³/mol. The van der Waals surface area contributed by atoms with Gasteiger partial charge in [0.05, 0.1) is 19.6 Å². The first kappa shape index (κ1) is 13.9. The first-order valence-electron chi connectivity index (χ1n) is 6.63. The quantitative estimate of drug-likeness (QED) is 0.821. The van der Waals surface area contributed by atoms with Crippen molar-refractivity contribution in [2.24, 2.45) is 5.41 Å². The molecule has 104 valence electrons. The maximum Gasteiger partial charge on any atom is 0.227 e. The Bertz CT molecular complexity index is 437. The van der Waals surface area contributed by atoms with E-state index in [2.05, 4.69) is 5.32 Å². The molecule has 0 radical (unpaired) electrons. The van der Waals surface area contributed by atoms with E-state index in [0.29, 0.717) is 6.54 Å². The van der Waals surface area contributed by atoms with E-state index in [1.165, 1.54) is 0 Å². The Labute approximate surface area is 113 Å². The van der Waals surface area contributed by atoms with Gasteiger partial charge in [-0.1, -0.05) is 12.1 Å². The van der Waals surface area contributed by atoms with Crippen molar-refractivity contribution in [1.82, 2.24) is 5.32 Å². The fourth-order valence-electron chi connectivity index (χ4n) is 2.04. The molecule has 1 aromatic carbocycles. The first-order valence-corrected chi connectivity index (χ1v) is 6.63. The van der Waals surface area contributed by atoms with Gasteiger partial charge in [0.2, 0.25) is 5.91 Å². The molecule has 1 aliphatic carbocycles. The lowest BCUT2D eigenvalue weighted by molar-refractivity contribution is -0.122. The highest BCUT2D eigenvalue weighted by Crippen LogP contribution is 2.44. The molecule has 1 aliphatic rings. The largest absolute Gasteiger partial charge is 0.497 e. The molecule has 1 aromatic rings. The second kappa shape index (κ2) is 5.61. The van der Waals surface area contributed by atoms with E-state index in [9.17, 15) is 9.90 Å². The van der Waals surface area contributed by atoms with Gasteiger partial charge in [0, 0.05) is 12.0 Å². The minimum atomic E-state index is -0.194. The topological polar surface area (TPSA) is 58.6 Å². The molecule has 4 nitrogen and oxygen atoms in total. The lowest BCUT2D eigenvalue weighted by Gasteiger charge is -2.16. The molecule has 19 heavy (non-hydrogen) atoms. The van der Waals surface area contributed by atoms with Crippen LogP contribution >= 0.6 is 0 Å². The zero-order valence-electron chi connectivity index (χ0n) is 11.5. The van der Waals surface area contributed by atoms with Crippen molar-refractivity contribution in [1.29, 1.82) is 0 Å². The average Bonchev–Trinajstić information content (AvgIpc) is 3.25. The number of aliphatic hydroxyl groups excluding tert-OH is 1. The third-order valence-electron chi connectivity index (χ3n) is 3.94. The van der Waals surface area contributed by atoms with E-state index in [1.54, 1.807) is 7.11 Å². The van der Waals surface area contributed by atoms with Gasteiger partial charge in [0.1, 0.15) is 5.75 Å². The summed E-state index contributed by atoms with van der Waals surface area (Å²) >= 11 is 0. The molecule has 4 heteroatoms. The highest BCUT2D eigenvalue weighted by Gasteiger charge is 2.42. The van der Waals surface area contributed by atoms with Gasteiger partial charge in [-0.15, -0.1) is 0 Å². The highest BCUT2D eigenvalue weighted by molar-refractivity contribution is 5.83. The average molecular weight is 263 g/mol. The molecule has 1 atom stereocenters. The van der Waals surface area contributed by atoms with Gasteiger partial charge in [-0.25, -0.2) is 0 Å². The Hall–Kier alpha value is -1.55. The van der Waals surface area contributed by atoms with Gasteiger partial charge < -0.3 is 15.2 Å². The molecule has 0 saturated heterocycles. The molecule has 0 aliphatic heterocycles. The van der Waals surface area contributed by atoms with Crippen LogP contribution in [0.5, 0.6) is 5.75 Å². The number of hydrogen-bond acceptors (Lipinski definition) is 3. The van der Waals surface area contributed by atoms with E-state index < -0.39 is 0 Å². The molecule has 0 aromatic heterocycles. The molecule has 1 saturated carbocycles. The summed E-state index contributed by atoms with van der Waals surface area (Å²) in [6, 6.07) is 7.52. The molecular formula is C15H21NO3. The van der Waals surface area contributed by atoms with Crippen molar-refractivity contribution in [3.63, 3.8) is 0 Å². The Morgan fingerprint density at radius 2 is 2.05 bits per heavy atom. The monoisotopic (exact) mass is 263 g/mol. The second-order valence-corrected chi connectivity index (χ2v) is 5.37. The van der Waals surface area contributed by atoms with Crippen LogP contribution in [-0.2, 0) is 4.79 Å². The Morgan fingerprint density at radius 1 is 1.42 bits per heavy atom. The summed E-state index contributed by atoms with van der Waals surface area (Å²) < 4.78 is 5.10. The summed E-state index contributed by atoms with van der Waals surface area (Å²) in [7, 11) is 1.62. The van der Waals surface area contributed by atoms with Crippen LogP contribution in [-0.4, -0.2) is 31.3 Å². The Kier molecular flexibility index (Phi) is 4.10. The maximum atomic E-state index is 12.1. The van der Waals surface area contributed by atoms with Crippen LogP contribution in [0.15, 0.2) is 24.3 Å². The number of ether oxygens (including phenoxy) is 1. The molecule has 0 spiro atoms. The van der Waals surface area contributed by atoms with Crippen molar-refractivity contribution < 1.29 is 14.6 Å². The molecule has 1 amide bonds. The van der Waals surface area contributed by atoms with Crippen LogP contribution in [0.3, 0.4) is 0 Å². The number of amides is 1. The molecule has 0 bridgehead atoms. The number of benzene rings is 1. The van der Waals surface area contributed by atoms with E-state index in [1.807, 2.05) is 31.2 Å². The predicted octanol–water partition coefficient (Wildman–Crippen LogP) is 1.69. The van der Waals surface area contributed by atoms with Crippen LogP contribution < -0.4 is 10.1 Å². The number of carbonyl (C=O) groups excluding carboxylic acids is 1. The van der Waals surface area contributed by atoms with Crippen molar-refractivity contribution in [2.45, 2.75) is 25.7 Å². The third kappa shape index (κ3) is 3.26. The van der Waals surface area contributed by atoms with E-state index in [4.69, 9.17) is 4.74 Å². The van der Waals surface area contributed by atoms with Gasteiger partial charge >= 0.3 is 0 Å². The number of aliphatic hydroxyl groups is 1. The summed E-state index contributed by atoms with van der Waals surface area (Å²) in [6.45, 7) is 2.61. The SMILES string of the molecule is COc1ccc(C(C)C(=O)NCC2(CO)CC2)cc1. The number of carbonyl (C=O) groups is 1. The van der Waals surface area contributed by atoms with Crippen molar-refractivity contribution in [2.75, 3.05) is 20.3 Å². The van der Waals surface area contributed by atoms with Crippen molar-refractivity contribution in [3.8, 4) is 5.75 Å². The second-order valence-electron chi connectivity index (χ2n) is 5.37. The van der Waals surface area contributed by atoms with Gasteiger partial charge in [-0.2, -0.15) is 0 Å². The number of methoxy groups -OCH3 is 1. The van der Waals surface area contributed by atoms with Gasteiger partial charge in [-0.05, 0) is 37.5 Å². The van der Waals surface area contributed by atoms with Crippen LogP contribution in [0, 0.1) is 5.41 Å². The Morgan fingerprint density at radius 3 is 2.53 bits per heavy atom. The zero-order chi connectivity index (χ0) is 13.9. The minimum Gasteiger partial charge on any atom is -0.497 e. The summed E-state index contributed by atoms with van der Waals surface area (Å²) in [4.78, 5) is 12.1. The molecular weight excluding hydrogens is 242 g/mol. The Balaban J connectivity index is 1.90. The van der Waals surface area contributed by atoms with Crippen LogP contribution in [0.4, 0.5) is 0 Å². The standard InChI is InChI=1S/C15H21NO3/c1-11(12-3-5-13(19-2)6-4-12)14(18)16-9-15(10-17)7-8-15/h3-6,11,17H,7-10H2,1-2H3,(H,16,18). The highest BCUT2D eigenvalue weighted by atomic mass is 16.5. The summed E-state index contributed by atoms with van der Waals surface area (Å²) in [5.41, 5.74) is 0.919. The van der Waals surface area contributed by atoms with E-state index in [-0.39, 0.29) is 23.8 Å². The summed E-state index contributed by atoms with van der Waals surface area (Å²) in [6.07, 6.45) is 2.00. The molecule has 1 unspecified atom stereocenters. The molecule has 2 N–H and O–H groups in total. The number of nitrogens with one attached hydrogen (secondary N) is 1. The normalized spacial score (nSPS) is 17.6. The van der Waals surface area contributed by atoms with Crippen molar-refractivity contribution in [3.05, 3.63) is 29.8 Å². The number of rotatable bonds is 6. The first-order chi connectivity index (χ1) is 9.10.